The van der Waals surface area contributed by atoms with Gasteiger partial charge in [-0.15, -0.1) is 13.2 Å². The molecule has 0 atom stereocenters. The highest BCUT2D eigenvalue weighted by Crippen LogP contribution is 2.26. The van der Waals surface area contributed by atoms with Crippen LogP contribution in [0.1, 0.15) is 31.1 Å². The molecule has 0 aliphatic heterocycles. The minimum atomic E-state index is -4.77. The second kappa shape index (κ2) is 7.43. The summed E-state index contributed by atoms with van der Waals surface area (Å²) >= 11 is 0. The number of alkyl halides is 3. The minimum absolute atomic E-state index is 0.100. The largest absolute Gasteiger partial charge is 0.522 e. The van der Waals surface area contributed by atoms with Crippen LogP contribution in [0.4, 0.5) is 23.7 Å². The fourth-order valence-electron chi connectivity index (χ4n) is 2.49. The lowest BCUT2D eigenvalue weighted by Gasteiger charge is -2.33. The van der Waals surface area contributed by atoms with Gasteiger partial charge in [-0.1, -0.05) is 0 Å². The number of carboxylic acid groups (broad SMARTS) is 1. The summed E-state index contributed by atoms with van der Waals surface area (Å²) < 4.78 is 40.8. The van der Waals surface area contributed by atoms with Gasteiger partial charge in [0.1, 0.15) is 0 Å². The zero-order chi connectivity index (χ0) is 20.4. The van der Waals surface area contributed by atoms with E-state index in [2.05, 4.69) is 15.2 Å². The molecule has 0 unspecified atom stereocenters. The third-order valence-electron chi connectivity index (χ3n) is 3.52. The lowest BCUT2D eigenvalue weighted by atomic mass is 10.1. The summed E-state index contributed by atoms with van der Waals surface area (Å²) in [7, 11) is 0. The van der Waals surface area contributed by atoms with Crippen molar-refractivity contribution < 1.29 is 32.6 Å². The molecular formula is C16H19F3N4O4. The molecule has 11 heteroatoms. The lowest BCUT2D eigenvalue weighted by molar-refractivity contribution is -0.323. The van der Waals surface area contributed by atoms with Gasteiger partial charge in [0.25, 0.3) is 5.91 Å². The number of aromatic nitrogens is 2. The minimum Gasteiger partial charge on any atom is -0.465 e. The molecule has 27 heavy (non-hydrogen) atoms. The normalized spacial score (nSPS) is 12.2. The second-order valence-corrected chi connectivity index (χ2v) is 6.61. The maximum atomic E-state index is 12.2. The Bertz CT molecular complexity index is 842. The Balaban J connectivity index is 2.24. The van der Waals surface area contributed by atoms with Crippen LogP contribution >= 0.6 is 0 Å². The van der Waals surface area contributed by atoms with Gasteiger partial charge in [-0.3, -0.25) is 14.4 Å². The van der Waals surface area contributed by atoms with E-state index in [0.29, 0.717) is 11.2 Å². The molecule has 0 aliphatic carbocycles. The highest BCUT2D eigenvalue weighted by atomic mass is 19.4. The highest BCUT2D eigenvalue weighted by Gasteiger charge is 2.29. The van der Waals surface area contributed by atoms with E-state index >= 15 is 0 Å². The summed E-state index contributed by atoms with van der Waals surface area (Å²) in [6.07, 6.45) is -3.18. The molecule has 0 fully saturated rings. The van der Waals surface area contributed by atoms with Crippen molar-refractivity contribution in [2.24, 2.45) is 0 Å². The lowest BCUT2D eigenvalue weighted by Crippen LogP contribution is -2.45. The smallest absolute Gasteiger partial charge is 0.465 e. The van der Waals surface area contributed by atoms with Crippen molar-refractivity contribution in [3.8, 4) is 0 Å². The Morgan fingerprint density at radius 3 is 2.56 bits per heavy atom. The van der Waals surface area contributed by atoms with E-state index in [1.807, 2.05) is 0 Å². The fourth-order valence-corrected chi connectivity index (χ4v) is 2.49. The van der Waals surface area contributed by atoms with Gasteiger partial charge in [-0.05, 0) is 32.9 Å². The maximum Gasteiger partial charge on any atom is 0.522 e. The molecule has 2 aromatic heterocycles. The molecule has 2 rings (SSSR count). The number of nitrogens with one attached hydrogen (secondary N) is 1. The summed E-state index contributed by atoms with van der Waals surface area (Å²) in [6.45, 7) is 4.08. The molecule has 2 heterocycles. The van der Waals surface area contributed by atoms with E-state index in [9.17, 15) is 27.9 Å². The predicted molar refractivity (Wildman–Crippen MR) is 89.8 cm³/mol. The monoisotopic (exact) mass is 388 g/mol. The molecule has 8 nitrogen and oxygen atoms in total. The first-order valence-corrected chi connectivity index (χ1v) is 7.89. The average Bonchev–Trinajstić information content (AvgIpc) is 2.92. The number of nitrogens with zero attached hydrogens (tertiary/aromatic N) is 3. The van der Waals surface area contributed by atoms with Gasteiger partial charge in [0.05, 0.1) is 29.6 Å². The molecule has 0 aromatic carbocycles. The van der Waals surface area contributed by atoms with Crippen molar-refractivity contribution in [3.05, 3.63) is 30.1 Å². The fraction of sp³-hybridized carbons (Fsp3) is 0.438. The van der Waals surface area contributed by atoms with Gasteiger partial charge in [0, 0.05) is 18.3 Å². The number of hydrogen-bond donors (Lipinski definition) is 2. The predicted octanol–water partition coefficient (Wildman–Crippen LogP) is 2.88. The summed E-state index contributed by atoms with van der Waals surface area (Å²) in [5.41, 5.74) is 0.0134. The molecule has 0 spiro atoms. The van der Waals surface area contributed by atoms with Crippen LogP contribution in [0.2, 0.25) is 0 Å². The van der Waals surface area contributed by atoms with Gasteiger partial charge < -0.3 is 10.4 Å². The number of rotatable bonds is 5. The number of ether oxygens (including phenoxy) is 1. The molecule has 2 N–H and O–H groups in total. The van der Waals surface area contributed by atoms with Gasteiger partial charge in [-0.25, -0.2) is 9.31 Å². The Morgan fingerprint density at radius 2 is 2.00 bits per heavy atom. The van der Waals surface area contributed by atoms with Crippen LogP contribution < -0.4 is 10.2 Å². The van der Waals surface area contributed by atoms with E-state index < -0.39 is 30.5 Å². The Labute approximate surface area is 152 Å². The summed E-state index contributed by atoms with van der Waals surface area (Å²) in [4.78, 5) is 25.0. The summed E-state index contributed by atoms with van der Waals surface area (Å²) in [5.74, 6) is -0.648. The van der Waals surface area contributed by atoms with E-state index in [4.69, 9.17) is 0 Å². The van der Waals surface area contributed by atoms with Crippen molar-refractivity contribution in [1.82, 2.24) is 14.9 Å². The van der Waals surface area contributed by atoms with E-state index in [-0.39, 0.29) is 12.1 Å². The number of carbonyl (C=O) groups excluding carboxylic acids is 1. The van der Waals surface area contributed by atoms with Crippen molar-refractivity contribution in [2.75, 3.05) is 18.1 Å². The van der Waals surface area contributed by atoms with Crippen molar-refractivity contribution in [1.29, 1.82) is 0 Å². The van der Waals surface area contributed by atoms with Gasteiger partial charge in [0.2, 0.25) is 0 Å². The maximum absolute atomic E-state index is 12.2. The number of fused-ring (bicyclic) bond motifs is 1. The number of anilines is 1. The number of hydrogen-bond acceptors (Lipinski definition) is 4. The Kier molecular flexibility index (Phi) is 5.64. The van der Waals surface area contributed by atoms with Crippen molar-refractivity contribution >= 4 is 23.2 Å². The first kappa shape index (κ1) is 20.5. The highest BCUT2D eigenvalue weighted by molar-refractivity contribution is 6.01. The van der Waals surface area contributed by atoms with Crippen LogP contribution in [0.25, 0.3) is 5.52 Å². The van der Waals surface area contributed by atoms with Gasteiger partial charge in [-0.2, -0.15) is 5.10 Å². The zero-order valence-corrected chi connectivity index (χ0v) is 14.9. The van der Waals surface area contributed by atoms with E-state index in [1.54, 1.807) is 20.8 Å². The first-order valence-electron chi connectivity index (χ1n) is 7.89. The van der Waals surface area contributed by atoms with E-state index in [0.717, 1.165) is 4.90 Å². The molecule has 2 amide bonds. The van der Waals surface area contributed by atoms with Gasteiger partial charge in [0.15, 0.2) is 0 Å². The van der Waals surface area contributed by atoms with Crippen LogP contribution in [-0.4, -0.2) is 51.8 Å². The van der Waals surface area contributed by atoms with Crippen LogP contribution in [0.15, 0.2) is 24.5 Å². The number of carbonyl (C=O) groups is 2. The number of halogens is 3. The summed E-state index contributed by atoms with van der Waals surface area (Å²) in [6, 6.07) is 3.02. The van der Waals surface area contributed by atoms with Crippen LogP contribution in [0.3, 0.4) is 0 Å². The molecular weight excluding hydrogens is 369 g/mol. The first-order chi connectivity index (χ1) is 12.4. The zero-order valence-electron chi connectivity index (χ0n) is 14.9. The molecule has 0 bridgehead atoms. The quantitative estimate of drug-likeness (QED) is 0.768. The van der Waals surface area contributed by atoms with Crippen LogP contribution in [0.5, 0.6) is 0 Å². The van der Waals surface area contributed by atoms with Crippen molar-refractivity contribution in [3.63, 3.8) is 0 Å². The molecule has 148 valence electrons. The third-order valence-corrected chi connectivity index (χ3v) is 3.52. The molecule has 0 radical (unpaired) electrons. The van der Waals surface area contributed by atoms with Crippen molar-refractivity contribution in [2.45, 2.75) is 32.7 Å². The molecule has 2 aromatic rings. The van der Waals surface area contributed by atoms with E-state index in [1.165, 1.54) is 29.0 Å². The van der Waals surface area contributed by atoms with Crippen LogP contribution in [-0.2, 0) is 4.74 Å². The Hall–Kier alpha value is -2.82. The second-order valence-electron chi connectivity index (χ2n) is 6.61. The van der Waals surface area contributed by atoms with Crippen LogP contribution in [0, 0.1) is 0 Å². The molecule has 0 saturated carbocycles. The number of pyridine rings is 1. The Morgan fingerprint density at radius 1 is 1.33 bits per heavy atom. The standard InChI is InChI=1S/C16H19F3N4O4/c1-15(2,3)23(14(25)26)10-4-6-22-12(8-10)11(9-21-22)13(24)20-5-7-27-16(17,18)19/h4,6,8-9H,5,7H2,1-3H3,(H,20,24)(H,25,26). The molecule has 0 aliphatic rings. The SMILES string of the molecule is CC(C)(C)N(C(=O)O)c1ccn2ncc(C(=O)NCCOC(F)(F)F)c2c1. The topological polar surface area (TPSA) is 96.2 Å². The third kappa shape index (κ3) is 5.09. The average molecular weight is 388 g/mol. The number of amides is 2. The summed E-state index contributed by atoms with van der Waals surface area (Å²) in [5, 5.41) is 15.8. The molecule has 0 saturated heterocycles. The van der Waals surface area contributed by atoms with Gasteiger partial charge >= 0.3 is 12.5 Å².